The second kappa shape index (κ2) is 14.7. The van der Waals surface area contributed by atoms with E-state index in [0.29, 0.717) is 25.0 Å². The summed E-state index contributed by atoms with van der Waals surface area (Å²) in [5, 5.41) is 0.398. The van der Waals surface area contributed by atoms with Gasteiger partial charge in [0.25, 0.3) is 0 Å². The molecule has 0 aliphatic heterocycles. The van der Waals surface area contributed by atoms with Crippen LogP contribution in [0.1, 0.15) is 114 Å². The third-order valence-electron chi connectivity index (χ3n) is 12.4. The van der Waals surface area contributed by atoms with E-state index in [-0.39, 0.29) is 33.3 Å². The second-order valence-corrected chi connectivity index (χ2v) is 34.3. The van der Waals surface area contributed by atoms with Gasteiger partial charge in [-0.15, -0.1) is 0 Å². The first-order valence-corrected chi connectivity index (χ1v) is 28.1. The van der Waals surface area contributed by atoms with Crippen molar-refractivity contribution in [1.29, 1.82) is 0 Å². The Morgan fingerprint density at radius 1 is 0.830 bits per heavy atom. The Kier molecular flexibility index (Phi) is 12.9. The van der Waals surface area contributed by atoms with Crippen LogP contribution in [0.3, 0.4) is 0 Å². The van der Waals surface area contributed by atoms with E-state index in [4.69, 9.17) is 18.0 Å². The Hall–Kier alpha value is -0.289. The zero-order valence-corrected chi connectivity index (χ0v) is 36.9. The Morgan fingerprint density at radius 2 is 1.36 bits per heavy atom. The van der Waals surface area contributed by atoms with E-state index in [2.05, 4.69) is 127 Å². The molecule has 7 heteroatoms. The van der Waals surface area contributed by atoms with Crippen LogP contribution in [-0.4, -0.2) is 56.0 Å². The maximum atomic E-state index is 7.08. The van der Waals surface area contributed by atoms with Gasteiger partial charge in [-0.25, -0.2) is 0 Å². The molecule has 272 valence electrons. The summed E-state index contributed by atoms with van der Waals surface area (Å²) in [4.78, 5) is 0. The van der Waals surface area contributed by atoms with Gasteiger partial charge in [0.15, 0.2) is 25.0 Å². The standard InChI is InChI=1S/C40H76O4Si3/c1-30(28-41-29-39(8,9)44-45(11,12)13)35-22-23-36-32(19-18-24-40(35,36)10)21-20-31-25-33(42-46(14,15)37(2,3)4)27-34(26-31)43-47(16,17)38(5,6)7/h20-21,33-36H,1,18-19,22-29H2,2-17H3/b32-21+/t33-,34-,35-,36+,40-/m1/s1. The maximum absolute atomic E-state index is 7.08. The number of hydrogen-bond acceptors (Lipinski definition) is 4. The van der Waals surface area contributed by atoms with Gasteiger partial charge in [-0.1, -0.05) is 78.3 Å². The molecular weight excluding hydrogens is 629 g/mol. The molecule has 5 atom stereocenters. The minimum absolute atomic E-state index is 0.199. The van der Waals surface area contributed by atoms with Crippen LogP contribution in [-0.2, 0) is 18.0 Å². The highest BCUT2D eigenvalue weighted by Gasteiger charge is 2.50. The highest BCUT2D eigenvalue weighted by Crippen LogP contribution is 2.59. The molecular formula is C40H76O4Si3. The molecule has 0 aromatic rings. The highest BCUT2D eigenvalue weighted by molar-refractivity contribution is 6.74. The van der Waals surface area contributed by atoms with E-state index in [1.54, 1.807) is 5.57 Å². The normalized spacial score (nSPS) is 29.3. The molecule has 0 unspecified atom stereocenters. The lowest BCUT2D eigenvalue weighted by atomic mass is 9.62. The lowest BCUT2D eigenvalue weighted by molar-refractivity contribution is -0.00449. The molecule has 0 amide bonds. The van der Waals surface area contributed by atoms with Crippen molar-refractivity contribution >= 4 is 25.0 Å². The minimum atomic E-state index is -1.89. The first kappa shape index (κ1) is 41.1. The van der Waals surface area contributed by atoms with E-state index in [1.807, 2.05) is 0 Å². The average Bonchev–Trinajstić information content (AvgIpc) is 3.21. The molecule has 3 fully saturated rings. The lowest BCUT2D eigenvalue weighted by Gasteiger charge is -2.45. The van der Waals surface area contributed by atoms with Gasteiger partial charge in [0.2, 0.25) is 0 Å². The molecule has 3 aliphatic carbocycles. The molecule has 0 radical (unpaired) electrons. The molecule has 47 heavy (non-hydrogen) atoms. The van der Waals surface area contributed by atoms with Crippen LogP contribution < -0.4 is 0 Å². The predicted molar refractivity (Wildman–Crippen MR) is 211 cm³/mol. The summed E-state index contributed by atoms with van der Waals surface area (Å²) in [5.41, 5.74) is 4.45. The van der Waals surface area contributed by atoms with Crippen molar-refractivity contribution in [1.82, 2.24) is 0 Å². The quantitative estimate of drug-likeness (QED) is 0.150. The van der Waals surface area contributed by atoms with Crippen LogP contribution in [0, 0.1) is 17.3 Å². The summed E-state index contributed by atoms with van der Waals surface area (Å²) in [5.74, 6) is 1.15. The monoisotopic (exact) mass is 705 g/mol. The van der Waals surface area contributed by atoms with E-state index in [1.165, 1.54) is 43.3 Å². The van der Waals surface area contributed by atoms with Crippen LogP contribution in [0.15, 0.2) is 35.5 Å². The van der Waals surface area contributed by atoms with E-state index >= 15 is 0 Å². The van der Waals surface area contributed by atoms with Gasteiger partial charge in [0.05, 0.1) is 31.0 Å². The second-order valence-electron chi connectivity index (χ2n) is 20.4. The van der Waals surface area contributed by atoms with Crippen LogP contribution in [0.5, 0.6) is 0 Å². The van der Waals surface area contributed by atoms with E-state index in [0.717, 1.165) is 19.3 Å². The average molecular weight is 705 g/mol. The number of ether oxygens (including phenoxy) is 1. The molecule has 4 nitrogen and oxygen atoms in total. The number of rotatable bonds is 12. The van der Waals surface area contributed by atoms with Crippen molar-refractivity contribution < 1.29 is 18.0 Å². The zero-order valence-electron chi connectivity index (χ0n) is 33.9. The van der Waals surface area contributed by atoms with Crippen molar-refractivity contribution in [3.63, 3.8) is 0 Å². The van der Waals surface area contributed by atoms with Gasteiger partial charge < -0.3 is 18.0 Å². The smallest absolute Gasteiger partial charge is 0.192 e. The molecule has 3 rings (SSSR count). The minimum Gasteiger partial charge on any atom is -0.414 e. The molecule has 0 bridgehead atoms. The number of hydrogen-bond donors (Lipinski definition) is 0. The predicted octanol–water partition coefficient (Wildman–Crippen LogP) is 12.2. The summed E-state index contributed by atoms with van der Waals surface area (Å²) in [6, 6.07) is 0. The molecule has 3 saturated carbocycles. The fraction of sp³-hybridized carbons (Fsp3) is 0.850. The highest BCUT2D eigenvalue weighted by atomic mass is 28.4. The van der Waals surface area contributed by atoms with Crippen molar-refractivity contribution in [2.75, 3.05) is 13.2 Å². The largest absolute Gasteiger partial charge is 0.414 e. The molecule has 0 spiro atoms. The molecule has 0 saturated heterocycles. The van der Waals surface area contributed by atoms with Crippen LogP contribution in [0.2, 0.25) is 55.9 Å². The molecule has 0 aromatic carbocycles. The maximum Gasteiger partial charge on any atom is 0.192 e. The van der Waals surface area contributed by atoms with Gasteiger partial charge in [-0.2, -0.15) is 0 Å². The molecule has 0 aromatic heterocycles. The summed E-state index contributed by atoms with van der Waals surface area (Å²) in [7, 11) is -5.41. The summed E-state index contributed by atoms with van der Waals surface area (Å²) < 4.78 is 26.8. The van der Waals surface area contributed by atoms with E-state index < -0.39 is 25.0 Å². The number of fused-ring (bicyclic) bond motifs is 1. The third-order valence-corrected chi connectivity index (χ3v) is 22.6. The molecule has 3 aliphatic rings. The Labute approximate surface area is 295 Å². The summed E-state index contributed by atoms with van der Waals surface area (Å²) in [6.45, 7) is 43.2. The van der Waals surface area contributed by atoms with E-state index in [9.17, 15) is 0 Å². The van der Waals surface area contributed by atoms with Crippen molar-refractivity contribution in [3.8, 4) is 0 Å². The van der Waals surface area contributed by atoms with Gasteiger partial charge in [0, 0.05) is 0 Å². The van der Waals surface area contributed by atoms with Crippen LogP contribution >= 0.6 is 0 Å². The van der Waals surface area contributed by atoms with Gasteiger partial charge in [-0.05, 0) is 144 Å². The SMILES string of the molecule is C=C(COCC(C)(C)O[Si](C)(C)C)[C@H]1CC[C@H]2/C(=C/C=C3C[C@@H](O[Si](C)(C)C(C)(C)C)C[C@H](O[Si](C)(C)C(C)(C)C)C3)CCC[C@]12C. The summed E-state index contributed by atoms with van der Waals surface area (Å²) >= 11 is 0. The fourth-order valence-electron chi connectivity index (χ4n) is 8.15. The summed E-state index contributed by atoms with van der Waals surface area (Å²) in [6.07, 6.45) is 14.8. The molecule has 0 heterocycles. The Balaban J connectivity index is 1.77. The zero-order chi connectivity index (χ0) is 35.9. The van der Waals surface area contributed by atoms with Crippen LogP contribution in [0.25, 0.3) is 0 Å². The van der Waals surface area contributed by atoms with Crippen LogP contribution in [0.4, 0.5) is 0 Å². The Morgan fingerprint density at radius 3 is 1.85 bits per heavy atom. The van der Waals surface area contributed by atoms with Gasteiger partial charge in [0.1, 0.15) is 0 Å². The van der Waals surface area contributed by atoms with Crippen molar-refractivity contribution in [3.05, 3.63) is 35.5 Å². The first-order chi connectivity index (χ1) is 21.2. The van der Waals surface area contributed by atoms with Crippen molar-refractivity contribution in [2.24, 2.45) is 17.3 Å². The third kappa shape index (κ3) is 10.9. The topological polar surface area (TPSA) is 36.9 Å². The fourth-order valence-corrected chi connectivity index (χ4v) is 12.6. The molecule has 0 N–H and O–H groups in total. The first-order valence-electron chi connectivity index (χ1n) is 18.9. The number of allylic oxidation sites excluding steroid dienone is 3. The van der Waals surface area contributed by atoms with Crippen molar-refractivity contribution in [2.45, 2.75) is 187 Å². The van der Waals surface area contributed by atoms with Gasteiger partial charge in [-0.3, -0.25) is 0 Å². The van der Waals surface area contributed by atoms with Gasteiger partial charge >= 0.3 is 0 Å². The Bertz CT molecular complexity index is 1110. The lowest BCUT2D eigenvalue weighted by Crippen LogP contribution is -2.48.